The van der Waals surface area contributed by atoms with Crippen LogP contribution in [0, 0.1) is 15.9 Å². The summed E-state index contributed by atoms with van der Waals surface area (Å²) in [7, 11) is 1.17. The Bertz CT molecular complexity index is 1550. The molecule has 1 aliphatic heterocycles. The number of methoxy groups -OCH3 is 1. The van der Waals surface area contributed by atoms with E-state index in [1.54, 1.807) is 0 Å². The van der Waals surface area contributed by atoms with Gasteiger partial charge in [0.15, 0.2) is 6.61 Å². The number of urea groups is 1. The first-order valence-electron chi connectivity index (χ1n) is 11.2. The van der Waals surface area contributed by atoms with E-state index in [0.717, 1.165) is 23.1 Å². The number of carbonyl (C=O) groups is 4. The molecule has 4 amide bonds. The van der Waals surface area contributed by atoms with E-state index in [-0.39, 0.29) is 40.0 Å². The minimum Gasteiger partial charge on any atom is -0.476 e. The van der Waals surface area contributed by atoms with E-state index in [4.69, 9.17) is 20.8 Å². The number of furan rings is 1. The number of halogens is 2. The molecule has 1 fully saturated rings. The molecule has 0 bridgehead atoms. The zero-order valence-electron chi connectivity index (χ0n) is 20.4. The average molecular weight is 573 g/mol. The summed E-state index contributed by atoms with van der Waals surface area (Å²) in [6.45, 7) is -0.945. The molecule has 206 valence electrons. The quantitative estimate of drug-likeness (QED) is 0.127. The second-order valence-corrected chi connectivity index (χ2v) is 8.50. The first-order valence-corrected chi connectivity index (χ1v) is 11.6. The fourth-order valence-electron chi connectivity index (χ4n) is 3.54. The highest BCUT2D eigenvalue weighted by Gasteiger charge is 2.34. The van der Waals surface area contributed by atoms with Gasteiger partial charge in [0, 0.05) is 11.8 Å². The van der Waals surface area contributed by atoms with E-state index in [1.807, 2.05) is 0 Å². The molecule has 2 aromatic carbocycles. The van der Waals surface area contributed by atoms with Gasteiger partial charge in [-0.2, -0.15) is 0 Å². The molecule has 0 unspecified atom stereocenters. The van der Waals surface area contributed by atoms with Gasteiger partial charge < -0.3 is 24.5 Å². The molecule has 1 saturated heterocycles. The Hall–Kier alpha value is -5.24. The number of nitrogens with zero attached hydrogens (tertiary/aromatic N) is 2. The van der Waals surface area contributed by atoms with E-state index in [1.165, 1.54) is 43.5 Å². The van der Waals surface area contributed by atoms with Crippen molar-refractivity contribution in [2.75, 3.05) is 19.0 Å². The van der Waals surface area contributed by atoms with Gasteiger partial charge in [0.2, 0.25) is 11.5 Å². The van der Waals surface area contributed by atoms with Crippen molar-refractivity contribution >= 4 is 52.9 Å². The molecule has 2 heterocycles. The van der Waals surface area contributed by atoms with Crippen LogP contribution in [0.5, 0.6) is 5.75 Å². The van der Waals surface area contributed by atoms with Crippen LogP contribution < -0.4 is 15.4 Å². The minimum atomic E-state index is -0.793. The summed E-state index contributed by atoms with van der Waals surface area (Å²) >= 11 is 6.20. The summed E-state index contributed by atoms with van der Waals surface area (Å²) in [5, 5.41) is 16.3. The summed E-state index contributed by atoms with van der Waals surface area (Å²) in [5.41, 5.74) is -0.446. The number of benzene rings is 2. The Kier molecular flexibility index (Phi) is 8.09. The summed E-state index contributed by atoms with van der Waals surface area (Å²) < 4.78 is 28.1. The monoisotopic (exact) mass is 572 g/mol. The number of carbonyl (C=O) groups excluding carboxylic acids is 4. The van der Waals surface area contributed by atoms with Crippen LogP contribution in [0.25, 0.3) is 6.08 Å². The molecule has 0 radical (unpaired) electrons. The van der Waals surface area contributed by atoms with E-state index in [0.29, 0.717) is 0 Å². The Labute approximate surface area is 229 Å². The summed E-state index contributed by atoms with van der Waals surface area (Å²) in [6, 6.07) is 9.14. The van der Waals surface area contributed by atoms with Crippen LogP contribution in [0.15, 0.2) is 58.6 Å². The zero-order valence-corrected chi connectivity index (χ0v) is 21.2. The number of nitro benzene ring substituents is 1. The normalized spacial score (nSPS) is 13.8. The number of hydrogen-bond donors (Lipinski definition) is 2. The largest absolute Gasteiger partial charge is 0.476 e. The van der Waals surface area contributed by atoms with Gasteiger partial charge >= 0.3 is 17.7 Å². The Morgan fingerprint density at radius 3 is 2.60 bits per heavy atom. The molecule has 0 saturated carbocycles. The number of esters is 1. The van der Waals surface area contributed by atoms with Gasteiger partial charge in [-0.05, 0) is 54.1 Å². The number of anilines is 1. The van der Waals surface area contributed by atoms with Gasteiger partial charge in [0.05, 0.1) is 23.6 Å². The molecule has 0 aliphatic carbocycles. The van der Waals surface area contributed by atoms with Gasteiger partial charge in [0.1, 0.15) is 17.3 Å². The molecule has 13 nitrogen and oxygen atoms in total. The third-order valence-electron chi connectivity index (χ3n) is 5.35. The SMILES string of the molecule is COC(=O)c1ccc(CN2C(=O)N/C(=C\c3cc(Cl)c(OCC(=O)Nc4ccc(F)cc4)c([N+](=O)[O-])c3)C2=O)o1. The Balaban J connectivity index is 1.48. The molecule has 2 N–H and O–H groups in total. The molecule has 15 heteroatoms. The first kappa shape index (κ1) is 27.8. The second-order valence-electron chi connectivity index (χ2n) is 8.09. The predicted molar refractivity (Wildman–Crippen MR) is 136 cm³/mol. The maximum atomic E-state index is 13.0. The van der Waals surface area contributed by atoms with Crippen LogP contribution in [-0.2, 0) is 20.9 Å². The van der Waals surface area contributed by atoms with Gasteiger partial charge in [-0.15, -0.1) is 0 Å². The van der Waals surface area contributed by atoms with Crippen molar-refractivity contribution in [3.05, 3.63) is 92.3 Å². The third kappa shape index (κ3) is 6.24. The lowest BCUT2D eigenvalue weighted by molar-refractivity contribution is -0.385. The standard InChI is InChI=1S/C25H18ClFN4O9/c1-38-24(34)20-7-6-16(40-20)11-30-23(33)18(29-25(30)35)9-13-8-17(26)22(19(10-13)31(36)37)39-12-21(32)28-15-4-2-14(27)3-5-15/h2-10H,11-12H2,1H3,(H,28,32)(H,29,35)/b18-9-. The topological polar surface area (TPSA) is 170 Å². The lowest BCUT2D eigenvalue weighted by atomic mass is 10.1. The maximum Gasteiger partial charge on any atom is 0.373 e. The van der Waals surface area contributed by atoms with Crippen molar-refractivity contribution in [3.63, 3.8) is 0 Å². The summed E-state index contributed by atoms with van der Waals surface area (Å²) in [6.07, 6.45) is 1.17. The van der Waals surface area contributed by atoms with Gasteiger partial charge in [-0.25, -0.2) is 14.0 Å². The number of nitro groups is 1. The van der Waals surface area contributed by atoms with Crippen LogP contribution in [0.4, 0.5) is 20.6 Å². The average Bonchev–Trinajstić information content (AvgIpc) is 3.49. The number of amides is 4. The van der Waals surface area contributed by atoms with Crippen LogP contribution in [-0.4, -0.2) is 47.4 Å². The number of hydrogen-bond acceptors (Lipinski definition) is 9. The molecule has 0 atom stereocenters. The number of imide groups is 1. The van der Waals surface area contributed by atoms with Gasteiger partial charge in [-0.1, -0.05) is 11.6 Å². The molecule has 4 rings (SSSR count). The number of ether oxygens (including phenoxy) is 2. The molecular formula is C25H18ClFN4O9. The molecule has 0 spiro atoms. The third-order valence-corrected chi connectivity index (χ3v) is 5.63. The summed E-state index contributed by atoms with van der Waals surface area (Å²) in [4.78, 5) is 60.6. The predicted octanol–water partition coefficient (Wildman–Crippen LogP) is 3.88. The fraction of sp³-hybridized carbons (Fsp3) is 0.120. The fourth-order valence-corrected chi connectivity index (χ4v) is 3.82. The van der Waals surface area contributed by atoms with Gasteiger partial charge in [0.25, 0.3) is 11.8 Å². The van der Waals surface area contributed by atoms with Crippen LogP contribution in [0.3, 0.4) is 0 Å². The van der Waals surface area contributed by atoms with E-state index >= 15 is 0 Å². The molecule has 1 aliphatic rings. The van der Waals surface area contributed by atoms with Gasteiger partial charge in [-0.3, -0.25) is 24.6 Å². The lowest BCUT2D eigenvalue weighted by Gasteiger charge is -2.10. The van der Waals surface area contributed by atoms with Crippen LogP contribution >= 0.6 is 11.6 Å². The first-order chi connectivity index (χ1) is 19.0. The minimum absolute atomic E-state index is 0.0799. The van der Waals surface area contributed by atoms with Crippen molar-refractivity contribution in [2.24, 2.45) is 0 Å². The molecule has 3 aromatic rings. The van der Waals surface area contributed by atoms with Crippen molar-refractivity contribution < 1.29 is 42.4 Å². The van der Waals surface area contributed by atoms with E-state index in [9.17, 15) is 33.7 Å². The van der Waals surface area contributed by atoms with Crippen molar-refractivity contribution in [3.8, 4) is 5.75 Å². The highest BCUT2D eigenvalue weighted by molar-refractivity contribution is 6.32. The lowest BCUT2D eigenvalue weighted by Crippen LogP contribution is -2.30. The second kappa shape index (κ2) is 11.7. The number of rotatable bonds is 9. The molecular weight excluding hydrogens is 555 g/mol. The maximum absolute atomic E-state index is 13.0. The van der Waals surface area contributed by atoms with Crippen molar-refractivity contribution in [1.82, 2.24) is 10.2 Å². The van der Waals surface area contributed by atoms with E-state index in [2.05, 4.69) is 15.4 Å². The Morgan fingerprint density at radius 2 is 1.93 bits per heavy atom. The van der Waals surface area contributed by atoms with Crippen molar-refractivity contribution in [2.45, 2.75) is 6.54 Å². The van der Waals surface area contributed by atoms with Crippen LogP contribution in [0.1, 0.15) is 21.9 Å². The summed E-state index contributed by atoms with van der Waals surface area (Å²) in [5.74, 6) is -3.05. The van der Waals surface area contributed by atoms with Crippen LogP contribution in [0.2, 0.25) is 5.02 Å². The highest BCUT2D eigenvalue weighted by Crippen LogP contribution is 2.37. The molecule has 40 heavy (non-hydrogen) atoms. The molecule has 1 aromatic heterocycles. The smallest absolute Gasteiger partial charge is 0.373 e. The zero-order chi connectivity index (χ0) is 29.0. The number of nitrogens with one attached hydrogen (secondary N) is 2. The Morgan fingerprint density at radius 1 is 1.20 bits per heavy atom. The van der Waals surface area contributed by atoms with Crippen molar-refractivity contribution in [1.29, 1.82) is 0 Å². The van der Waals surface area contributed by atoms with E-state index < -0.39 is 52.6 Å². The highest BCUT2D eigenvalue weighted by atomic mass is 35.5.